The second-order valence-corrected chi connectivity index (χ2v) is 4.16. The van der Waals surface area contributed by atoms with Gasteiger partial charge in [-0.05, 0) is 25.0 Å². The van der Waals surface area contributed by atoms with E-state index in [2.05, 4.69) is 40.5 Å². The molecule has 0 radical (unpaired) electrons. The van der Waals surface area contributed by atoms with Crippen LogP contribution in [0.4, 0.5) is 17.3 Å². The molecule has 0 aliphatic heterocycles. The summed E-state index contributed by atoms with van der Waals surface area (Å²) in [6, 6.07) is 8.12. The number of nitrogens with zero attached hydrogens (tertiary/aromatic N) is 2. The molecule has 1 aromatic carbocycles. The average Bonchev–Trinajstić information content (AvgIpc) is 2.40. The first-order valence-corrected chi connectivity index (χ1v) is 6.18. The molecule has 0 fully saturated rings. The Bertz CT molecular complexity index is 511. The van der Waals surface area contributed by atoms with Crippen LogP contribution in [0.1, 0.15) is 18.9 Å². The van der Waals surface area contributed by atoms with Gasteiger partial charge in [-0.3, -0.25) is 4.98 Å². The molecule has 1 heterocycles. The molecule has 0 saturated carbocycles. The van der Waals surface area contributed by atoms with Gasteiger partial charge in [0.1, 0.15) is 5.82 Å². The van der Waals surface area contributed by atoms with E-state index in [0.717, 1.165) is 30.3 Å². The van der Waals surface area contributed by atoms with Gasteiger partial charge >= 0.3 is 0 Å². The molecule has 0 aliphatic rings. The highest BCUT2D eigenvalue weighted by atomic mass is 15.1. The van der Waals surface area contributed by atoms with Crippen molar-refractivity contribution in [3.63, 3.8) is 0 Å². The zero-order chi connectivity index (χ0) is 12.8. The molecule has 1 aromatic heterocycles. The van der Waals surface area contributed by atoms with Crippen molar-refractivity contribution < 1.29 is 0 Å². The third-order valence-electron chi connectivity index (χ3n) is 2.60. The third kappa shape index (κ3) is 3.20. The van der Waals surface area contributed by atoms with E-state index < -0.39 is 0 Å². The van der Waals surface area contributed by atoms with Gasteiger partial charge in [0.05, 0.1) is 12.4 Å². The Morgan fingerprint density at radius 1 is 1.11 bits per heavy atom. The minimum Gasteiger partial charge on any atom is -0.369 e. The van der Waals surface area contributed by atoms with Crippen LogP contribution < -0.4 is 10.6 Å². The highest BCUT2D eigenvalue weighted by Crippen LogP contribution is 2.18. The van der Waals surface area contributed by atoms with Gasteiger partial charge in [-0.15, -0.1) is 0 Å². The summed E-state index contributed by atoms with van der Waals surface area (Å²) in [6.07, 6.45) is 4.53. The van der Waals surface area contributed by atoms with Crippen LogP contribution >= 0.6 is 0 Å². The second kappa shape index (κ2) is 6.00. The SMILES string of the molecule is CCCNc1cncc(Nc2ccccc2C)n1. The van der Waals surface area contributed by atoms with Gasteiger partial charge in [0.25, 0.3) is 0 Å². The summed E-state index contributed by atoms with van der Waals surface area (Å²) in [5.74, 6) is 1.56. The maximum Gasteiger partial charge on any atom is 0.151 e. The molecule has 94 valence electrons. The lowest BCUT2D eigenvalue weighted by Crippen LogP contribution is -2.04. The molecular formula is C14H18N4. The van der Waals surface area contributed by atoms with Gasteiger partial charge < -0.3 is 10.6 Å². The van der Waals surface area contributed by atoms with E-state index in [4.69, 9.17) is 0 Å². The van der Waals surface area contributed by atoms with Crippen LogP contribution in [0, 0.1) is 6.92 Å². The Hall–Kier alpha value is -2.10. The molecule has 4 nitrogen and oxygen atoms in total. The quantitative estimate of drug-likeness (QED) is 0.844. The van der Waals surface area contributed by atoms with Gasteiger partial charge in [-0.1, -0.05) is 25.1 Å². The van der Waals surface area contributed by atoms with Crippen molar-refractivity contribution in [1.82, 2.24) is 9.97 Å². The molecule has 0 spiro atoms. The maximum absolute atomic E-state index is 4.46. The number of para-hydroxylation sites is 1. The summed E-state index contributed by atoms with van der Waals surface area (Å²) in [5.41, 5.74) is 2.24. The number of rotatable bonds is 5. The van der Waals surface area contributed by atoms with Gasteiger partial charge in [-0.25, -0.2) is 4.98 Å². The van der Waals surface area contributed by atoms with Crippen LogP contribution in [0.15, 0.2) is 36.7 Å². The van der Waals surface area contributed by atoms with E-state index in [-0.39, 0.29) is 0 Å². The molecule has 0 saturated heterocycles. The largest absolute Gasteiger partial charge is 0.369 e. The normalized spacial score (nSPS) is 10.1. The van der Waals surface area contributed by atoms with Crippen LogP contribution in [0.3, 0.4) is 0 Å². The fourth-order valence-electron chi connectivity index (χ4n) is 1.62. The standard InChI is InChI=1S/C14H18N4/c1-3-8-16-13-9-15-10-14(18-13)17-12-7-5-4-6-11(12)2/h4-7,9-10H,3,8H2,1-2H3,(H2,16,17,18). The molecule has 2 aromatic rings. The molecule has 0 bridgehead atoms. The van der Waals surface area contributed by atoms with Crippen molar-refractivity contribution >= 4 is 17.3 Å². The first-order valence-electron chi connectivity index (χ1n) is 6.18. The summed E-state index contributed by atoms with van der Waals surface area (Å²) in [7, 11) is 0. The van der Waals surface area contributed by atoms with E-state index >= 15 is 0 Å². The minimum absolute atomic E-state index is 0.755. The maximum atomic E-state index is 4.46. The molecule has 0 unspecified atom stereocenters. The number of benzene rings is 1. The Labute approximate surface area is 107 Å². The van der Waals surface area contributed by atoms with E-state index in [1.807, 2.05) is 18.2 Å². The Kier molecular flexibility index (Phi) is 4.12. The summed E-state index contributed by atoms with van der Waals surface area (Å²) in [5, 5.41) is 6.50. The summed E-state index contributed by atoms with van der Waals surface area (Å²) in [4.78, 5) is 8.64. The zero-order valence-electron chi connectivity index (χ0n) is 10.8. The van der Waals surface area contributed by atoms with Crippen LogP contribution in [0.25, 0.3) is 0 Å². The highest BCUT2D eigenvalue weighted by Gasteiger charge is 2.00. The Balaban J connectivity index is 2.12. The smallest absolute Gasteiger partial charge is 0.151 e. The number of anilines is 3. The highest BCUT2D eigenvalue weighted by molar-refractivity contribution is 5.60. The van der Waals surface area contributed by atoms with Crippen molar-refractivity contribution in [2.24, 2.45) is 0 Å². The zero-order valence-corrected chi connectivity index (χ0v) is 10.8. The molecule has 18 heavy (non-hydrogen) atoms. The molecule has 0 atom stereocenters. The second-order valence-electron chi connectivity index (χ2n) is 4.16. The van der Waals surface area contributed by atoms with E-state index in [9.17, 15) is 0 Å². The van der Waals surface area contributed by atoms with E-state index in [0.29, 0.717) is 0 Å². The van der Waals surface area contributed by atoms with Gasteiger partial charge in [0, 0.05) is 12.2 Å². The predicted molar refractivity (Wildman–Crippen MR) is 75.3 cm³/mol. The lowest BCUT2D eigenvalue weighted by molar-refractivity contribution is 0.965. The van der Waals surface area contributed by atoms with Crippen molar-refractivity contribution in [3.05, 3.63) is 42.2 Å². The summed E-state index contributed by atoms with van der Waals surface area (Å²) >= 11 is 0. The van der Waals surface area contributed by atoms with E-state index in [1.165, 1.54) is 5.56 Å². The van der Waals surface area contributed by atoms with E-state index in [1.54, 1.807) is 12.4 Å². The fourth-order valence-corrected chi connectivity index (χ4v) is 1.62. The van der Waals surface area contributed by atoms with Gasteiger partial charge in [-0.2, -0.15) is 0 Å². The van der Waals surface area contributed by atoms with Crippen LogP contribution in [0.2, 0.25) is 0 Å². The lowest BCUT2D eigenvalue weighted by Gasteiger charge is -2.09. The van der Waals surface area contributed by atoms with Gasteiger partial charge in [0.15, 0.2) is 5.82 Å². The monoisotopic (exact) mass is 242 g/mol. The van der Waals surface area contributed by atoms with Crippen molar-refractivity contribution in [2.45, 2.75) is 20.3 Å². The number of hydrogen-bond acceptors (Lipinski definition) is 4. The molecular weight excluding hydrogens is 224 g/mol. The third-order valence-corrected chi connectivity index (χ3v) is 2.60. The Morgan fingerprint density at radius 2 is 1.89 bits per heavy atom. The van der Waals surface area contributed by atoms with Crippen LogP contribution in [-0.4, -0.2) is 16.5 Å². The first-order chi connectivity index (χ1) is 8.79. The first kappa shape index (κ1) is 12.4. The number of nitrogens with one attached hydrogen (secondary N) is 2. The van der Waals surface area contributed by atoms with Crippen LogP contribution in [-0.2, 0) is 0 Å². The van der Waals surface area contributed by atoms with Gasteiger partial charge in [0.2, 0.25) is 0 Å². The molecule has 2 rings (SSSR count). The van der Waals surface area contributed by atoms with Crippen molar-refractivity contribution in [3.8, 4) is 0 Å². The molecule has 0 amide bonds. The van der Waals surface area contributed by atoms with Crippen molar-refractivity contribution in [2.75, 3.05) is 17.2 Å². The average molecular weight is 242 g/mol. The lowest BCUT2D eigenvalue weighted by atomic mass is 10.2. The summed E-state index contributed by atoms with van der Waals surface area (Å²) in [6.45, 7) is 5.09. The predicted octanol–water partition coefficient (Wildman–Crippen LogP) is 3.35. The number of aromatic nitrogens is 2. The number of aryl methyl sites for hydroxylation is 1. The number of hydrogen-bond donors (Lipinski definition) is 2. The molecule has 2 N–H and O–H groups in total. The topological polar surface area (TPSA) is 49.8 Å². The van der Waals surface area contributed by atoms with Crippen LogP contribution in [0.5, 0.6) is 0 Å². The summed E-state index contributed by atoms with van der Waals surface area (Å²) < 4.78 is 0. The van der Waals surface area contributed by atoms with Crippen molar-refractivity contribution in [1.29, 1.82) is 0 Å². The Morgan fingerprint density at radius 3 is 2.67 bits per heavy atom. The minimum atomic E-state index is 0.755. The molecule has 0 aliphatic carbocycles. The fraction of sp³-hybridized carbons (Fsp3) is 0.286. The molecule has 4 heteroatoms.